The van der Waals surface area contributed by atoms with Crippen molar-refractivity contribution in [3.8, 4) is 0 Å². The van der Waals surface area contributed by atoms with E-state index in [2.05, 4.69) is 32.0 Å². The molecule has 0 spiro atoms. The van der Waals surface area contributed by atoms with Gasteiger partial charge in [0.25, 0.3) is 0 Å². The SMILES string of the molecule is CC(C)c1cccc2c1[C@H]1O[C@H]1C2. The first-order chi connectivity index (χ1) is 6.27. The molecule has 1 aromatic rings. The highest BCUT2D eigenvalue weighted by atomic mass is 16.6. The van der Waals surface area contributed by atoms with E-state index in [0.29, 0.717) is 18.1 Å². The maximum absolute atomic E-state index is 5.57. The summed E-state index contributed by atoms with van der Waals surface area (Å²) in [5.41, 5.74) is 4.51. The molecule has 1 nitrogen and oxygen atoms in total. The Morgan fingerprint density at radius 2 is 2.23 bits per heavy atom. The summed E-state index contributed by atoms with van der Waals surface area (Å²) >= 11 is 0. The molecule has 1 fully saturated rings. The number of ether oxygens (including phenoxy) is 1. The maximum Gasteiger partial charge on any atom is 0.110 e. The average Bonchev–Trinajstić information content (AvgIpc) is 2.77. The lowest BCUT2D eigenvalue weighted by atomic mass is 9.94. The monoisotopic (exact) mass is 174 g/mol. The van der Waals surface area contributed by atoms with Crippen molar-refractivity contribution in [1.29, 1.82) is 0 Å². The van der Waals surface area contributed by atoms with Gasteiger partial charge in [0, 0.05) is 6.42 Å². The van der Waals surface area contributed by atoms with Crippen LogP contribution in [0.2, 0.25) is 0 Å². The van der Waals surface area contributed by atoms with Crippen molar-refractivity contribution < 1.29 is 4.74 Å². The zero-order valence-corrected chi connectivity index (χ0v) is 8.08. The topological polar surface area (TPSA) is 12.5 Å². The predicted molar refractivity (Wildman–Crippen MR) is 51.8 cm³/mol. The van der Waals surface area contributed by atoms with E-state index in [1.165, 1.54) is 16.7 Å². The third-order valence-corrected chi connectivity index (χ3v) is 3.14. The molecule has 1 heteroatoms. The largest absolute Gasteiger partial charge is 0.364 e. The fourth-order valence-corrected chi connectivity index (χ4v) is 2.43. The Morgan fingerprint density at radius 1 is 1.38 bits per heavy atom. The molecule has 0 unspecified atom stereocenters. The van der Waals surface area contributed by atoms with Gasteiger partial charge in [0.15, 0.2) is 0 Å². The first kappa shape index (κ1) is 7.57. The molecule has 68 valence electrons. The minimum absolute atomic E-state index is 0.452. The summed E-state index contributed by atoms with van der Waals surface area (Å²) in [7, 11) is 0. The zero-order valence-electron chi connectivity index (χ0n) is 8.08. The van der Waals surface area contributed by atoms with Gasteiger partial charge in [-0.3, -0.25) is 0 Å². The molecule has 13 heavy (non-hydrogen) atoms. The third kappa shape index (κ3) is 0.969. The molecule has 1 saturated heterocycles. The van der Waals surface area contributed by atoms with Gasteiger partial charge in [-0.25, -0.2) is 0 Å². The van der Waals surface area contributed by atoms with Gasteiger partial charge in [-0.05, 0) is 22.6 Å². The summed E-state index contributed by atoms with van der Waals surface area (Å²) < 4.78 is 5.57. The van der Waals surface area contributed by atoms with Crippen LogP contribution in [-0.2, 0) is 11.2 Å². The first-order valence-corrected chi connectivity index (χ1v) is 5.04. The number of rotatable bonds is 1. The molecule has 0 aromatic heterocycles. The van der Waals surface area contributed by atoms with Crippen LogP contribution in [0.3, 0.4) is 0 Å². The molecule has 2 atom stereocenters. The fourth-order valence-electron chi connectivity index (χ4n) is 2.43. The predicted octanol–water partition coefficient (Wildman–Crippen LogP) is 2.81. The van der Waals surface area contributed by atoms with Crippen molar-refractivity contribution >= 4 is 0 Å². The first-order valence-electron chi connectivity index (χ1n) is 5.04. The molecule has 0 N–H and O–H groups in total. The molecule has 1 aliphatic heterocycles. The molecular weight excluding hydrogens is 160 g/mol. The van der Waals surface area contributed by atoms with Gasteiger partial charge >= 0.3 is 0 Å². The summed E-state index contributed by atoms with van der Waals surface area (Å²) in [5, 5.41) is 0. The highest BCUT2D eigenvalue weighted by molar-refractivity contribution is 5.46. The second-order valence-electron chi connectivity index (χ2n) is 4.37. The van der Waals surface area contributed by atoms with Crippen molar-refractivity contribution in [1.82, 2.24) is 0 Å². The molecule has 0 bridgehead atoms. The Labute approximate surface area is 78.7 Å². The average molecular weight is 174 g/mol. The fraction of sp³-hybridized carbons (Fsp3) is 0.500. The van der Waals surface area contributed by atoms with Crippen LogP contribution >= 0.6 is 0 Å². The quantitative estimate of drug-likeness (QED) is 0.596. The number of hydrogen-bond donors (Lipinski definition) is 0. The van der Waals surface area contributed by atoms with Crippen LogP contribution in [0.4, 0.5) is 0 Å². The van der Waals surface area contributed by atoms with E-state index in [4.69, 9.17) is 4.74 Å². The summed E-state index contributed by atoms with van der Waals surface area (Å²) in [5.74, 6) is 0.623. The maximum atomic E-state index is 5.57. The number of epoxide rings is 1. The van der Waals surface area contributed by atoms with Crippen LogP contribution in [0, 0.1) is 0 Å². The van der Waals surface area contributed by atoms with Gasteiger partial charge in [0.05, 0.1) is 6.10 Å². The number of fused-ring (bicyclic) bond motifs is 3. The lowest BCUT2D eigenvalue weighted by molar-refractivity contribution is 0.359. The Morgan fingerprint density at radius 3 is 3.00 bits per heavy atom. The van der Waals surface area contributed by atoms with Crippen molar-refractivity contribution in [2.24, 2.45) is 0 Å². The van der Waals surface area contributed by atoms with E-state index in [-0.39, 0.29) is 0 Å². The highest BCUT2D eigenvalue weighted by Gasteiger charge is 2.48. The van der Waals surface area contributed by atoms with Gasteiger partial charge in [-0.1, -0.05) is 32.0 Å². The molecule has 0 radical (unpaired) electrons. The molecule has 2 aliphatic rings. The van der Waals surface area contributed by atoms with Crippen LogP contribution in [0.1, 0.15) is 42.6 Å². The normalized spacial score (nSPS) is 28.8. The number of hydrogen-bond acceptors (Lipinski definition) is 1. The van der Waals surface area contributed by atoms with Crippen molar-refractivity contribution in [3.63, 3.8) is 0 Å². The summed E-state index contributed by atoms with van der Waals surface area (Å²) in [4.78, 5) is 0. The molecule has 0 saturated carbocycles. The van der Waals surface area contributed by atoms with E-state index in [9.17, 15) is 0 Å². The molecule has 1 aromatic carbocycles. The number of benzene rings is 1. The van der Waals surface area contributed by atoms with Crippen LogP contribution in [0.5, 0.6) is 0 Å². The molecule has 1 heterocycles. The Bertz CT molecular complexity index is 354. The van der Waals surface area contributed by atoms with Crippen LogP contribution in [-0.4, -0.2) is 6.10 Å². The van der Waals surface area contributed by atoms with Gasteiger partial charge in [-0.2, -0.15) is 0 Å². The molecule has 1 aliphatic carbocycles. The van der Waals surface area contributed by atoms with Gasteiger partial charge in [0.1, 0.15) is 6.10 Å². The van der Waals surface area contributed by atoms with E-state index < -0.39 is 0 Å². The Hall–Kier alpha value is -0.820. The lowest BCUT2D eigenvalue weighted by Gasteiger charge is -2.12. The van der Waals surface area contributed by atoms with Crippen LogP contribution in [0.15, 0.2) is 18.2 Å². The van der Waals surface area contributed by atoms with Gasteiger partial charge in [-0.15, -0.1) is 0 Å². The van der Waals surface area contributed by atoms with E-state index in [1.54, 1.807) is 0 Å². The Kier molecular flexibility index (Phi) is 1.37. The highest BCUT2D eigenvalue weighted by Crippen LogP contribution is 2.51. The van der Waals surface area contributed by atoms with Crippen molar-refractivity contribution in [2.75, 3.05) is 0 Å². The second kappa shape index (κ2) is 2.36. The van der Waals surface area contributed by atoms with E-state index >= 15 is 0 Å². The summed E-state index contributed by atoms with van der Waals surface area (Å²) in [6.45, 7) is 4.51. The van der Waals surface area contributed by atoms with Crippen molar-refractivity contribution in [3.05, 3.63) is 34.9 Å². The third-order valence-electron chi connectivity index (χ3n) is 3.14. The van der Waals surface area contributed by atoms with E-state index in [0.717, 1.165) is 6.42 Å². The van der Waals surface area contributed by atoms with Crippen LogP contribution < -0.4 is 0 Å². The van der Waals surface area contributed by atoms with E-state index in [1.807, 2.05) is 0 Å². The second-order valence-corrected chi connectivity index (χ2v) is 4.37. The molecule has 3 rings (SSSR count). The minimum atomic E-state index is 0.452. The van der Waals surface area contributed by atoms with Crippen LogP contribution in [0.25, 0.3) is 0 Å². The molecule has 0 amide bonds. The van der Waals surface area contributed by atoms with Crippen molar-refractivity contribution in [2.45, 2.75) is 38.4 Å². The lowest BCUT2D eigenvalue weighted by Crippen LogP contribution is -1.96. The van der Waals surface area contributed by atoms with Gasteiger partial charge in [0.2, 0.25) is 0 Å². The summed E-state index contributed by atoms with van der Waals surface area (Å²) in [6, 6.07) is 6.67. The zero-order chi connectivity index (χ0) is 9.00. The Balaban J connectivity index is 2.16. The molecular formula is C12H14O. The standard InChI is InChI=1S/C12H14O/c1-7(2)9-5-3-4-8-6-10-12(13-10)11(8)9/h3-5,7,10,12H,6H2,1-2H3/t10-,12-/m0/s1. The summed E-state index contributed by atoms with van der Waals surface area (Å²) in [6.07, 6.45) is 2.11. The smallest absolute Gasteiger partial charge is 0.110 e. The minimum Gasteiger partial charge on any atom is -0.364 e. The van der Waals surface area contributed by atoms with Gasteiger partial charge < -0.3 is 4.74 Å².